The van der Waals surface area contributed by atoms with Crippen LogP contribution in [0.1, 0.15) is 10.4 Å². The van der Waals surface area contributed by atoms with Gasteiger partial charge in [-0.25, -0.2) is 13.2 Å². The van der Waals surface area contributed by atoms with Gasteiger partial charge in [0, 0.05) is 6.20 Å². The van der Waals surface area contributed by atoms with Crippen molar-refractivity contribution in [2.75, 3.05) is 5.32 Å². The van der Waals surface area contributed by atoms with Crippen molar-refractivity contribution in [1.82, 2.24) is 4.98 Å². The van der Waals surface area contributed by atoms with Crippen molar-refractivity contribution in [2.24, 2.45) is 0 Å². The molecular formula is C12H7F3N2OS. The highest BCUT2D eigenvalue weighted by Crippen LogP contribution is 2.16. The minimum atomic E-state index is -1.68. The molecule has 19 heavy (non-hydrogen) atoms. The number of aromatic amines is 1. The summed E-state index contributed by atoms with van der Waals surface area (Å²) in [5.74, 6) is -5.44. The van der Waals surface area contributed by atoms with E-state index in [1.54, 1.807) is 0 Å². The quantitative estimate of drug-likeness (QED) is 0.655. The van der Waals surface area contributed by atoms with Crippen molar-refractivity contribution < 1.29 is 18.0 Å². The number of hydrogen-bond donors (Lipinski definition) is 2. The van der Waals surface area contributed by atoms with Crippen LogP contribution < -0.4 is 5.32 Å². The molecular weight excluding hydrogens is 277 g/mol. The molecule has 1 amide bonds. The number of H-pyrrole nitrogens is 1. The zero-order valence-corrected chi connectivity index (χ0v) is 10.2. The van der Waals surface area contributed by atoms with Crippen LogP contribution in [-0.2, 0) is 0 Å². The van der Waals surface area contributed by atoms with E-state index in [1.165, 1.54) is 18.3 Å². The number of amides is 1. The summed E-state index contributed by atoms with van der Waals surface area (Å²) < 4.78 is 39.6. The second-order valence-corrected chi connectivity index (χ2v) is 4.06. The van der Waals surface area contributed by atoms with E-state index in [4.69, 9.17) is 12.2 Å². The van der Waals surface area contributed by atoms with E-state index < -0.39 is 28.9 Å². The summed E-state index contributed by atoms with van der Waals surface area (Å²) in [6.07, 6.45) is 1.40. The van der Waals surface area contributed by atoms with Crippen molar-refractivity contribution >= 4 is 23.8 Å². The van der Waals surface area contributed by atoms with Gasteiger partial charge < -0.3 is 10.3 Å². The van der Waals surface area contributed by atoms with E-state index in [9.17, 15) is 18.0 Å². The summed E-state index contributed by atoms with van der Waals surface area (Å²) in [4.78, 5) is 14.4. The smallest absolute Gasteiger partial charge is 0.258 e. The lowest BCUT2D eigenvalue weighted by Gasteiger charge is -2.06. The SMILES string of the molecule is O=C(Nc1ccc(=S)[nH]c1)c1ccc(F)c(F)c1F. The summed E-state index contributed by atoms with van der Waals surface area (Å²) in [7, 11) is 0. The third kappa shape index (κ3) is 2.82. The Labute approximate surface area is 111 Å². The topological polar surface area (TPSA) is 44.9 Å². The molecule has 2 N–H and O–H groups in total. The first kappa shape index (κ1) is 13.3. The maximum atomic E-state index is 13.4. The zero-order chi connectivity index (χ0) is 14.0. The number of aromatic nitrogens is 1. The maximum absolute atomic E-state index is 13.4. The number of rotatable bonds is 2. The third-order valence-corrected chi connectivity index (χ3v) is 2.58. The number of carbonyl (C=O) groups is 1. The molecule has 0 radical (unpaired) electrons. The second kappa shape index (κ2) is 5.23. The molecule has 0 saturated heterocycles. The van der Waals surface area contributed by atoms with Crippen molar-refractivity contribution in [3.63, 3.8) is 0 Å². The van der Waals surface area contributed by atoms with Crippen LogP contribution in [0.3, 0.4) is 0 Å². The molecule has 0 fully saturated rings. The molecule has 1 aromatic heterocycles. The first-order valence-electron chi connectivity index (χ1n) is 5.12. The summed E-state index contributed by atoms with van der Waals surface area (Å²) in [6.45, 7) is 0. The molecule has 0 aliphatic heterocycles. The average molecular weight is 284 g/mol. The predicted molar refractivity (Wildman–Crippen MR) is 65.9 cm³/mol. The normalized spacial score (nSPS) is 10.3. The summed E-state index contributed by atoms with van der Waals surface area (Å²) in [5, 5.41) is 2.33. The standard InChI is InChI=1S/C12H7F3N2OS/c13-8-3-2-7(10(14)11(8)15)12(18)17-6-1-4-9(19)16-5-6/h1-5H,(H,16,19)(H,17,18). The minimum absolute atomic E-state index is 0.322. The lowest BCUT2D eigenvalue weighted by Crippen LogP contribution is -2.15. The third-order valence-electron chi connectivity index (χ3n) is 2.32. The number of carbonyl (C=O) groups excluding carboxylic acids is 1. The van der Waals surface area contributed by atoms with Gasteiger partial charge in [0.1, 0.15) is 4.64 Å². The Morgan fingerprint density at radius 2 is 1.84 bits per heavy atom. The Morgan fingerprint density at radius 1 is 1.11 bits per heavy atom. The summed E-state index contributed by atoms with van der Waals surface area (Å²) in [6, 6.07) is 4.57. The van der Waals surface area contributed by atoms with Crippen LogP contribution in [-0.4, -0.2) is 10.9 Å². The molecule has 0 saturated carbocycles. The van der Waals surface area contributed by atoms with Gasteiger partial charge in [0.15, 0.2) is 17.5 Å². The molecule has 1 heterocycles. The molecule has 2 rings (SSSR count). The molecule has 0 bridgehead atoms. The molecule has 98 valence electrons. The number of halogens is 3. The molecule has 0 atom stereocenters. The molecule has 3 nitrogen and oxygen atoms in total. The molecule has 1 aromatic carbocycles. The van der Waals surface area contributed by atoms with E-state index in [2.05, 4.69) is 10.3 Å². The van der Waals surface area contributed by atoms with Crippen molar-refractivity contribution in [3.05, 3.63) is 58.1 Å². The Hall–Kier alpha value is -2.15. The van der Waals surface area contributed by atoms with Crippen molar-refractivity contribution in [2.45, 2.75) is 0 Å². The maximum Gasteiger partial charge on any atom is 0.258 e. The number of benzene rings is 1. The molecule has 0 aliphatic carbocycles. The largest absolute Gasteiger partial charge is 0.351 e. The van der Waals surface area contributed by atoms with Gasteiger partial charge in [-0.3, -0.25) is 4.79 Å². The highest BCUT2D eigenvalue weighted by atomic mass is 32.1. The van der Waals surface area contributed by atoms with Crippen LogP contribution >= 0.6 is 12.2 Å². The van der Waals surface area contributed by atoms with E-state index in [0.717, 1.165) is 6.07 Å². The van der Waals surface area contributed by atoms with E-state index >= 15 is 0 Å². The van der Waals surface area contributed by atoms with Gasteiger partial charge in [-0.15, -0.1) is 0 Å². The van der Waals surface area contributed by atoms with Crippen LogP contribution in [0.4, 0.5) is 18.9 Å². The highest BCUT2D eigenvalue weighted by Gasteiger charge is 2.18. The fraction of sp³-hybridized carbons (Fsp3) is 0. The number of anilines is 1. The molecule has 0 aliphatic rings. The monoisotopic (exact) mass is 284 g/mol. The minimum Gasteiger partial charge on any atom is -0.351 e. The zero-order valence-electron chi connectivity index (χ0n) is 9.34. The fourth-order valence-electron chi connectivity index (χ4n) is 1.39. The lowest BCUT2D eigenvalue weighted by molar-refractivity contribution is 0.102. The first-order valence-corrected chi connectivity index (χ1v) is 5.53. The van der Waals surface area contributed by atoms with E-state index in [1.807, 2.05) is 0 Å². The Balaban J connectivity index is 2.28. The van der Waals surface area contributed by atoms with Gasteiger partial charge in [-0.1, -0.05) is 12.2 Å². The predicted octanol–water partition coefficient (Wildman–Crippen LogP) is 3.41. The van der Waals surface area contributed by atoms with Crippen LogP contribution in [0.15, 0.2) is 30.5 Å². The van der Waals surface area contributed by atoms with Crippen LogP contribution in [0, 0.1) is 22.1 Å². The number of pyridine rings is 1. The Bertz CT molecular complexity index is 679. The molecule has 0 unspecified atom stereocenters. The molecule has 0 spiro atoms. The average Bonchev–Trinajstić information content (AvgIpc) is 2.39. The van der Waals surface area contributed by atoms with Crippen LogP contribution in [0.5, 0.6) is 0 Å². The van der Waals surface area contributed by atoms with Crippen LogP contribution in [0.25, 0.3) is 0 Å². The number of nitrogens with one attached hydrogen (secondary N) is 2. The summed E-state index contributed by atoms with van der Waals surface area (Å²) in [5.41, 5.74) is -0.260. The molecule has 7 heteroatoms. The highest BCUT2D eigenvalue weighted by molar-refractivity contribution is 7.71. The van der Waals surface area contributed by atoms with Gasteiger partial charge in [-0.05, 0) is 24.3 Å². The Morgan fingerprint density at radius 3 is 2.47 bits per heavy atom. The van der Waals surface area contributed by atoms with Gasteiger partial charge in [-0.2, -0.15) is 0 Å². The van der Waals surface area contributed by atoms with Crippen molar-refractivity contribution in [1.29, 1.82) is 0 Å². The first-order chi connectivity index (χ1) is 8.99. The summed E-state index contributed by atoms with van der Waals surface area (Å²) >= 11 is 4.81. The van der Waals surface area contributed by atoms with Gasteiger partial charge in [0.05, 0.1) is 11.3 Å². The van der Waals surface area contributed by atoms with Gasteiger partial charge in [0.2, 0.25) is 0 Å². The fourth-order valence-corrected chi connectivity index (χ4v) is 1.51. The lowest BCUT2D eigenvalue weighted by atomic mass is 10.2. The van der Waals surface area contributed by atoms with E-state index in [0.29, 0.717) is 16.4 Å². The molecule has 2 aromatic rings. The van der Waals surface area contributed by atoms with E-state index in [-0.39, 0.29) is 0 Å². The van der Waals surface area contributed by atoms with Crippen molar-refractivity contribution in [3.8, 4) is 0 Å². The van der Waals surface area contributed by atoms with Gasteiger partial charge >= 0.3 is 0 Å². The number of hydrogen-bond acceptors (Lipinski definition) is 2. The van der Waals surface area contributed by atoms with Crippen LogP contribution in [0.2, 0.25) is 0 Å². The second-order valence-electron chi connectivity index (χ2n) is 3.62. The van der Waals surface area contributed by atoms with Gasteiger partial charge in [0.25, 0.3) is 5.91 Å². The Kier molecular flexibility index (Phi) is 3.66.